The lowest BCUT2D eigenvalue weighted by atomic mass is 9.93. The normalized spacial score (nSPS) is 20.7. The van der Waals surface area contributed by atoms with Gasteiger partial charge in [0.1, 0.15) is 5.69 Å². The van der Waals surface area contributed by atoms with Gasteiger partial charge in [-0.1, -0.05) is 0 Å². The number of hydrogen-bond donors (Lipinski definition) is 0. The molecule has 1 saturated heterocycles. The Balaban J connectivity index is 1.74. The maximum atomic E-state index is 13.4. The number of hydrogen-bond acceptors (Lipinski definition) is 3. The molecule has 0 radical (unpaired) electrons. The summed E-state index contributed by atoms with van der Waals surface area (Å²) >= 11 is 0. The van der Waals surface area contributed by atoms with E-state index in [0.717, 1.165) is 32.2 Å². The van der Waals surface area contributed by atoms with Crippen LogP contribution in [0.5, 0.6) is 0 Å². The van der Waals surface area contributed by atoms with Crippen molar-refractivity contribution in [2.24, 2.45) is 7.05 Å². The third-order valence-electron chi connectivity index (χ3n) is 5.23. The van der Waals surface area contributed by atoms with E-state index in [1.165, 1.54) is 34.5 Å². The van der Waals surface area contributed by atoms with Crippen molar-refractivity contribution in [3.63, 3.8) is 0 Å². The summed E-state index contributed by atoms with van der Waals surface area (Å²) in [4.78, 5) is 6.84. The Bertz CT molecular complexity index is 741. The van der Waals surface area contributed by atoms with E-state index >= 15 is 0 Å². The number of halogens is 2. The van der Waals surface area contributed by atoms with Crippen molar-refractivity contribution < 1.29 is 8.78 Å². The highest BCUT2D eigenvalue weighted by Crippen LogP contribution is 2.41. The zero-order chi connectivity index (χ0) is 16.7. The first-order valence-electron chi connectivity index (χ1n) is 8.70. The van der Waals surface area contributed by atoms with Crippen molar-refractivity contribution in [2.45, 2.75) is 51.0 Å². The Morgan fingerprint density at radius 1 is 1.21 bits per heavy atom. The summed E-state index contributed by atoms with van der Waals surface area (Å²) in [5.41, 5.74) is 4.29. The highest BCUT2D eigenvalue weighted by molar-refractivity contribution is 5.58. The minimum absolute atomic E-state index is 0.0175. The molecule has 1 atom stereocenters. The van der Waals surface area contributed by atoms with Crippen molar-refractivity contribution in [3.8, 4) is 0 Å². The smallest absolute Gasteiger partial charge is 0.282 e. The van der Waals surface area contributed by atoms with E-state index in [0.29, 0.717) is 5.56 Å². The molecule has 0 saturated carbocycles. The standard InChI is InChI=1S/C18H22F2N4/c1-23-11-13(17(22-23)18(19)20)15-7-4-10-24(15)16-8-9-21-14-6-3-2-5-12(14)16/h8-9,11,15,18H,2-7,10H2,1H3. The summed E-state index contributed by atoms with van der Waals surface area (Å²) in [6, 6.07) is 2.04. The van der Waals surface area contributed by atoms with E-state index in [9.17, 15) is 8.78 Å². The number of alkyl halides is 2. The SMILES string of the molecule is Cn1cc(C2CCCN2c2ccnc3c2CCCC3)c(C(F)F)n1. The van der Waals surface area contributed by atoms with Crippen LogP contribution in [0.2, 0.25) is 0 Å². The molecule has 0 aromatic carbocycles. The molecule has 1 aliphatic carbocycles. The number of aryl methyl sites for hydroxylation is 2. The summed E-state index contributed by atoms with van der Waals surface area (Å²) < 4.78 is 28.3. The van der Waals surface area contributed by atoms with Crippen LogP contribution in [0.25, 0.3) is 0 Å². The predicted octanol–water partition coefficient (Wildman–Crippen LogP) is 3.97. The molecule has 1 unspecified atom stereocenters. The first kappa shape index (κ1) is 15.5. The summed E-state index contributed by atoms with van der Waals surface area (Å²) in [7, 11) is 1.71. The molecular formula is C18H22F2N4. The van der Waals surface area contributed by atoms with Crippen LogP contribution in [0.15, 0.2) is 18.5 Å². The highest BCUT2D eigenvalue weighted by Gasteiger charge is 2.33. The lowest BCUT2D eigenvalue weighted by Gasteiger charge is -2.30. The van der Waals surface area contributed by atoms with Crippen molar-refractivity contribution >= 4 is 5.69 Å². The van der Waals surface area contributed by atoms with E-state index in [4.69, 9.17) is 0 Å². The van der Waals surface area contributed by atoms with Gasteiger partial charge < -0.3 is 4.90 Å². The molecule has 0 amide bonds. The molecule has 1 fully saturated rings. The molecule has 2 aromatic rings. The van der Waals surface area contributed by atoms with E-state index < -0.39 is 6.43 Å². The third-order valence-corrected chi connectivity index (χ3v) is 5.23. The molecule has 0 N–H and O–H groups in total. The number of fused-ring (bicyclic) bond motifs is 1. The van der Waals surface area contributed by atoms with Crippen molar-refractivity contribution in [1.29, 1.82) is 0 Å². The topological polar surface area (TPSA) is 34.0 Å². The zero-order valence-electron chi connectivity index (χ0n) is 13.9. The maximum absolute atomic E-state index is 13.4. The van der Waals surface area contributed by atoms with Crippen LogP contribution in [0.3, 0.4) is 0 Å². The molecule has 24 heavy (non-hydrogen) atoms. The lowest BCUT2D eigenvalue weighted by Crippen LogP contribution is -2.25. The van der Waals surface area contributed by atoms with Gasteiger partial charge in [-0.2, -0.15) is 5.10 Å². The monoisotopic (exact) mass is 332 g/mol. The predicted molar refractivity (Wildman–Crippen MR) is 88.4 cm³/mol. The van der Waals surface area contributed by atoms with E-state index in [1.54, 1.807) is 13.2 Å². The largest absolute Gasteiger partial charge is 0.364 e. The van der Waals surface area contributed by atoms with Gasteiger partial charge in [-0.3, -0.25) is 9.67 Å². The van der Waals surface area contributed by atoms with Gasteiger partial charge in [0.05, 0.1) is 6.04 Å². The minimum Gasteiger partial charge on any atom is -0.364 e. The number of rotatable bonds is 3. The van der Waals surface area contributed by atoms with Crippen LogP contribution in [0.1, 0.15) is 60.7 Å². The Morgan fingerprint density at radius 2 is 2.04 bits per heavy atom. The third kappa shape index (κ3) is 2.58. The average molecular weight is 332 g/mol. The van der Waals surface area contributed by atoms with Crippen LogP contribution >= 0.6 is 0 Å². The lowest BCUT2D eigenvalue weighted by molar-refractivity contribution is 0.143. The number of aromatic nitrogens is 3. The molecule has 2 aliphatic rings. The van der Waals surface area contributed by atoms with Gasteiger partial charge in [-0.05, 0) is 50.2 Å². The van der Waals surface area contributed by atoms with Crippen molar-refractivity contribution in [1.82, 2.24) is 14.8 Å². The number of nitrogens with zero attached hydrogens (tertiary/aromatic N) is 4. The summed E-state index contributed by atoms with van der Waals surface area (Å²) in [6.45, 7) is 0.901. The van der Waals surface area contributed by atoms with Gasteiger partial charge in [0, 0.05) is 42.9 Å². The molecule has 0 spiro atoms. The molecule has 128 valence electrons. The molecule has 2 aromatic heterocycles. The average Bonchev–Trinajstić information content (AvgIpc) is 3.20. The van der Waals surface area contributed by atoms with Gasteiger partial charge in [0.15, 0.2) is 0 Å². The molecule has 3 heterocycles. The van der Waals surface area contributed by atoms with Gasteiger partial charge in [0.25, 0.3) is 6.43 Å². The fourth-order valence-corrected chi connectivity index (χ4v) is 4.20. The van der Waals surface area contributed by atoms with Crippen molar-refractivity contribution in [3.05, 3.63) is 41.0 Å². The van der Waals surface area contributed by atoms with Gasteiger partial charge in [-0.25, -0.2) is 8.78 Å². The van der Waals surface area contributed by atoms with Gasteiger partial charge in [0.2, 0.25) is 0 Å². The highest BCUT2D eigenvalue weighted by atomic mass is 19.3. The van der Waals surface area contributed by atoms with E-state index in [2.05, 4.69) is 21.0 Å². The quantitative estimate of drug-likeness (QED) is 0.853. The minimum atomic E-state index is -2.53. The van der Waals surface area contributed by atoms with Gasteiger partial charge >= 0.3 is 0 Å². The molecule has 1 aliphatic heterocycles. The Labute approximate surface area is 140 Å². The Morgan fingerprint density at radius 3 is 2.88 bits per heavy atom. The molecule has 4 rings (SSSR count). The summed E-state index contributed by atoms with van der Waals surface area (Å²) in [5.74, 6) is 0. The maximum Gasteiger partial charge on any atom is 0.282 e. The number of anilines is 1. The van der Waals surface area contributed by atoms with Crippen LogP contribution in [0, 0.1) is 0 Å². The second-order valence-corrected chi connectivity index (χ2v) is 6.76. The van der Waals surface area contributed by atoms with Crippen LogP contribution in [0.4, 0.5) is 14.5 Å². The van der Waals surface area contributed by atoms with Crippen LogP contribution in [-0.2, 0) is 19.9 Å². The zero-order valence-corrected chi connectivity index (χ0v) is 13.9. The number of pyridine rings is 1. The second-order valence-electron chi connectivity index (χ2n) is 6.76. The van der Waals surface area contributed by atoms with E-state index in [1.807, 2.05) is 6.20 Å². The van der Waals surface area contributed by atoms with Crippen molar-refractivity contribution in [2.75, 3.05) is 11.4 Å². The molecular weight excluding hydrogens is 310 g/mol. The molecule has 0 bridgehead atoms. The first-order chi connectivity index (χ1) is 11.6. The van der Waals surface area contributed by atoms with Crippen LogP contribution in [-0.4, -0.2) is 21.3 Å². The van der Waals surface area contributed by atoms with Crippen LogP contribution < -0.4 is 4.90 Å². The Hall–Kier alpha value is -1.98. The molecule has 4 nitrogen and oxygen atoms in total. The first-order valence-corrected chi connectivity index (χ1v) is 8.70. The summed E-state index contributed by atoms with van der Waals surface area (Å²) in [6.07, 6.45) is 7.43. The van der Waals surface area contributed by atoms with Gasteiger partial charge in [-0.15, -0.1) is 0 Å². The molecule has 6 heteroatoms. The summed E-state index contributed by atoms with van der Waals surface area (Å²) in [5, 5.41) is 4.00. The fraction of sp³-hybridized carbons (Fsp3) is 0.556. The fourth-order valence-electron chi connectivity index (χ4n) is 4.20. The Kier molecular flexibility index (Phi) is 3.98. The second kappa shape index (κ2) is 6.15. The van der Waals surface area contributed by atoms with E-state index in [-0.39, 0.29) is 11.7 Å².